The molecule has 2 rings (SSSR count). The number of amides is 2. The van der Waals surface area contributed by atoms with Crippen LogP contribution in [0, 0.1) is 5.21 Å². The van der Waals surface area contributed by atoms with E-state index in [0.29, 0.717) is 34.4 Å². The first-order valence-electron chi connectivity index (χ1n) is 7.99. The van der Waals surface area contributed by atoms with Crippen LogP contribution in [0.1, 0.15) is 13.8 Å². The van der Waals surface area contributed by atoms with Crippen molar-refractivity contribution in [2.75, 3.05) is 17.8 Å². The maximum Gasteiger partial charge on any atom is 0.320 e. The molecule has 0 aliphatic carbocycles. The van der Waals surface area contributed by atoms with E-state index in [-0.39, 0.29) is 12.1 Å². The average Bonchev–Trinajstić information content (AvgIpc) is 2.51. The fourth-order valence-corrected chi connectivity index (χ4v) is 1.54. The molecule has 4 N–H and O–H groups in total. The molecular weight excluding hydrogens is 442 g/mol. The minimum Gasteiger partial charge on any atom is -0.619 e. The van der Waals surface area contributed by atoms with Crippen molar-refractivity contribution in [2.45, 2.75) is 19.9 Å². The third kappa shape index (κ3) is 17.2. The Hall–Kier alpha value is -2.88. The first-order chi connectivity index (χ1) is 13.5. The van der Waals surface area contributed by atoms with Crippen molar-refractivity contribution < 1.29 is 35.5 Å². The molecule has 0 spiro atoms. The molecule has 13 nitrogen and oxygen atoms in total. The van der Waals surface area contributed by atoms with Crippen LogP contribution in [0.2, 0.25) is 0 Å². The summed E-state index contributed by atoms with van der Waals surface area (Å²) < 4.78 is 52.4. The lowest BCUT2D eigenvalue weighted by Crippen LogP contribution is -2.34. The molecule has 2 amide bonds. The SMILES string of the molecule is CC(C)NC(=O)Nc1ccnc(-c2cc[n+]([O-])cc2)n1.CS(=O)(=O)O.CS(=O)(=O)O. The predicted molar refractivity (Wildman–Crippen MR) is 109 cm³/mol. The number of aromatic nitrogens is 3. The molecule has 0 aromatic carbocycles. The van der Waals surface area contributed by atoms with Gasteiger partial charge in [0.05, 0.1) is 12.5 Å². The quantitative estimate of drug-likeness (QED) is 0.277. The molecule has 0 fully saturated rings. The molecule has 2 heterocycles. The lowest BCUT2D eigenvalue weighted by molar-refractivity contribution is -0.605. The van der Waals surface area contributed by atoms with E-state index in [4.69, 9.17) is 9.11 Å². The number of nitrogens with zero attached hydrogens (tertiary/aromatic N) is 3. The molecule has 0 bridgehead atoms. The average molecular weight is 466 g/mol. The van der Waals surface area contributed by atoms with Crippen LogP contribution in [0.3, 0.4) is 0 Å². The minimum absolute atomic E-state index is 0.0398. The van der Waals surface area contributed by atoms with E-state index >= 15 is 0 Å². The fourth-order valence-electron chi connectivity index (χ4n) is 1.54. The van der Waals surface area contributed by atoms with Gasteiger partial charge in [-0.3, -0.25) is 14.4 Å². The maximum absolute atomic E-state index is 11.6. The summed E-state index contributed by atoms with van der Waals surface area (Å²) in [4.78, 5) is 19.9. The van der Waals surface area contributed by atoms with E-state index in [1.54, 1.807) is 24.4 Å². The smallest absolute Gasteiger partial charge is 0.320 e. The van der Waals surface area contributed by atoms with Crippen LogP contribution in [-0.2, 0) is 20.2 Å². The van der Waals surface area contributed by atoms with Gasteiger partial charge in [-0.1, -0.05) is 0 Å². The third-order valence-corrected chi connectivity index (χ3v) is 2.38. The van der Waals surface area contributed by atoms with Crippen LogP contribution in [-0.4, -0.2) is 60.5 Å². The predicted octanol–water partition coefficient (Wildman–Crippen LogP) is 0.315. The highest BCUT2D eigenvalue weighted by Crippen LogP contribution is 2.14. The van der Waals surface area contributed by atoms with Crippen LogP contribution in [0.25, 0.3) is 11.4 Å². The summed E-state index contributed by atoms with van der Waals surface area (Å²) in [5, 5.41) is 16.3. The Labute approximate surface area is 174 Å². The number of rotatable bonds is 3. The summed E-state index contributed by atoms with van der Waals surface area (Å²) in [6.07, 6.45) is 5.71. The van der Waals surface area contributed by atoms with Gasteiger partial charge in [0.2, 0.25) is 0 Å². The van der Waals surface area contributed by atoms with Gasteiger partial charge in [0.1, 0.15) is 5.82 Å². The maximum atomic E-state index is 11.6. The molecule has 0 saturated carbocycles. The summed E-state index contributed by atoms with van der Waals surface area (Å²) >= 11 is 0. The minimum atomic E-state index is -3.67. The fraction of sp³-hybridized carbons (Fsp3) is 0.333. The number of carbonyl (C=O) groups is 1. The Morgan fingerprint density at radius 2 is 1.53 bits per heavy atom. The Morgan fingerprint density at radius 1 is 1.07 bits per heavy atom. The number of nitrogens with one attached hydrogen (secondary N) is 2. The van der Waals surface area contributed by atoms with E-state index in [2.05, 4.69) is 20.6 Å². The standard InChI is InChI=1S/C13H15N5O2.2CH4O3S/c1-9(2)15-13(19)17-11-3-6-14-12(16-11)10-4-7-18(20)8-5-10;2*1-5(2,3)4/h3-9H,1-2H3,(H2,14,15,16,17,19);2*1H3,(H,2,3,4). The summed E-state index contributed by atoms with van der Waals surface area (Å²) in [6, 6.07) is 4.54. The molecular formula is C15H23N5O8S2. The first kappa shape index (κ1) is 27.1. The number of pyridine rings is 1. The number of hydrogen-bond acceptors (Lipinski definition) is 8. The second-order valence-corrected chi connectivity index (χ2v) is 8.86. The zero-order valence-electron chi connectivity index (χ0n) is 16.5. The molecule has 0 aliphatic heterocycles. The van der Waals surface area contributed by atoms with E-state index in [9.17, 15) is 26.8 Å². The molecule has 2 aromatic heterocycles. The molecule has 15 heteroatoms. The first-order valence-corrected chi connectivity index (χ1v) is 11.7. The molecule has 0 radical (unpaired) electrons. The normalized spacial score (nSPS) is 10.8. The summed E-state index contributed by atoms with van der Waals surface area (Å²) in [5.74, 6) is 0.833. The molecule has 0 saturated heterocycles. The highest BCUT2D eigenvalue weighted by atomic mass is 32.2. The number of hydrogen-bond donors (Lipinski definition) is 4. The van der Waals surface area contributed by atoms with Gasteiger partial charge in [0.25, 0.3) is 20.2 Å². The Morgan fingerprint density at radius 3 is 1.97 bits per heavy atom. The van der Waals surface area contributed by atoms with Crippen molar-refractivity contribution >= 4 is 32.1 Å². The summed E-state index contributed by atoms with van der Waals surface area (Å²) in [6.45, 7) is 3.74. The van der Waals surface area contributed by atoms with Crippen molar-refractivity contribution in [1.29, 1.82) is 0 Å². The van der Waals surface area contributed by atoms with Crippen LogP contribution in [0.5, 0.6) is 0 Å². The van der Waals surface area contributed by atoms with Gasteiger partial charge in [-0.2, -0.15) is 21.6 Å². The zero-order chi connectivity index (χ0) is 23.5. The summed E-state index contributed by atoms with van der Waals surface area (Å²) in [5.41, 5.74) is 0.699. The summed E-state index contributed by atoms with van der Waals surface area (Å²) in [7, 11) is -7.33. The van der Waals surface area contributed by atoms with E-state index in [0.717, 1.165) is 0 Å². The van der Waals surface area contributed by atoms with Crippen molar-refractivity contribution in [3.8, 4) is 11.4 Å². The lowest BCUT2D eigenvalue weighted by Gasteiger charge is -2.09. The zero-order valence-corrected chi connectivity index (χ0v) is 18.2. The molecule has 0 aliphatic rings. The van der Waals surface area contributed by atoms with Gasteiger partial charge in [0.15, 0.2) is 18.2 Å². The third-order valence-electron chi connectivity index (χ3n) is 2.38. The van der Waals surface area contributed by atoms with Crippen molar-refractivity contribution in [1.82, 2.24) is 15.3 Å². The van der Waals surface area contributed by atoms with Crippen LogP contribution < -0.4 is 15.4 Å². The Balaban J connectivity index is 0.000000702. The Kier molecular flexibility index (Phi) is 10.8. The van der Waals surface area contributed by atoms with E-state index < -0.39 is 20.2 Å². The van der Waals surface area contributed by atoms with Gasteiger partial charge in [0, 0.05) is 29.9 Å². The number of carbonyl (C=O) groups excluding carboxylic acids is 1. The second kappa shape index (κ2) is 12.0. The van der Waals surface area contributed by atoms with Crippen LogP contribution in [0.4, 0.5) is 10.6 Å². The Bertz CT molecular complexity index is 979. The second-order valence-electron chi connectivity index (χ2n) is 5.93. The van der Waals surface area contributed by atoms with Gasteiger partial charge < -0.3 is 10.5 Å². The molecule has 168 valence electrons. The van der Waals surface area contributed by atoms with E-state index in [1.165, 1.54) is 12.4 Å². The van der Waals surface area contributed by atoms with Gasteiger partial charge >= 0.3 is 6.03 Å². The molecule has 30 heavy (non-hydrogen) atoms. The van der Waals surface area contributed by atoms with Crippen molar-refractivity contribution in [3.63, 3.8) is 0 Å². The van der Waals surface area contributed by atoms with Crippen LogP contribution in [0.15, 0.2) is 36.8 Å². The van der Waals surface area contributed by atoms with Gasteiger partial charge in [-0.05, 0) is 19.9 Å². The van der Waals surface area contributed by atoms with Crippen molar-refractivity contribution in [2.24, 2.45) is 0 Å². The topological polar surface area (TPSA) is 203 Å². The number of anilines is 1. The monoisotopic (exact) mass is 465 g/mol. The van der Waals surface area contributed by atoms with Gasteiger partial charge in [-0.15, -0.1) is 0 Å². The lowest BCUT2D eigenvalue weighted by atomic mass is 10.2. The van der Waals surface area contributed by atoms with Gasteiger partial charge in [-0.25, -0.2) is 14.8 Å². The van der Waals surface area contributed by atoms with Crippen molar-refractivity contribution in [3.05, 3.63) is 42.0 Å². The molecule has 0 unspecified atom stereocenters. The molecule has 0 atom stereocenters. The number of urea groups is 1. The largest absolute Gasteiger partial charge is 0.619 e. The highest BCUT2D eigenvalue weighted by molar-refractivity contribution is 7.85. The van der Waals surface area contributed by atoms with Crippen LogP contribution >= 0.6 is 0 Å². The van der Waals surface area contributed by atoms with E-state index in [1.807, 2.05) is 13.8 Å². The molecule has 2 aromatic rings. The highest BCUT2D eigenvalue weighted by Gasteiger charge is 2.07.